The van der Waals surface area contributed by atoms with Crippen molar-refractivity contribution in [2.75, 3.05) is 0 Å². The van der Waals surface area contributed by atoms with Gasteiger partial charge in [0.15, 0.2) is 11.6 Å². The highest BCUT2D eigenvalue weighted by atomic mass is 19.1. The van der Waals surface area contributed by atoms with E-state index < -0.39 is 17.5 Å². The molecular weight excluding hydrogens is 185 g/mol. The molecule has 1 amide bonds. The molecule has 0 radical (unpaired) electrons. The third-order valence-corrected chi connectivity index (χ3v) is 2.24. The van der Waals surface area contributed by atoms with Crippen LogP contribution in [0.15, 0.2) is 24.9 Å². The fourth-order valence-electron chi connectivity index (χ4n) is 1.51. The van der Waals surface area contributed by atoms with Gasteiger partial charge in [-0.05, 0) is 11.6 Å². The van der Waals surface area contributed by atoms with E-state index in [1.54, 1.807) is 0 Å². The van der Waals surface area contributed by atoms with E-state index in [0.29, 0.717) is 12.1 Å². The van der Waals surface area contributed by atoms with Crippen molar-refractivity contribution in [1.29, 1.82) is 0 Å². The molecule has 3 nitrogen and oxygen atoms in total. The molecule has 0 bridgehead atoms. The Morgan fingerprint density at radius 3 is 2.93 bits per heavy atom. The zero-order valence-electron chi connectivity index (χ0n) is 7.33. The molecule has 2 rings (SSSR count). The first-order valence-electron chi connectivity index (χ1n) is 4.09. The number of amides is 1. The summed E-state index contributed by atoms with van der Waals surface area (Å²) in [7, 11) is 0. The minimum atomic E-state index is -0.850. The van der Waals surface area contributed by atoms with E-state index in [4.69, 9.17) is 5.11 Å². The lowest BCUT2D eigenvalue weighted by Gasteiger charge is -2.06. The van der Waals surface area contributed by atoms with Gasteiger partial charge in [0, 0.05) is 6.20 Å². The summed E-state index contributed by atoms with van der Waals surface area (Å²) in [6.45, 7) is 3.76. The second kappa shape index (κ2) is 2.83. The first-order valence-corrected chi connectivity index (χ1v) is 4.09. The maximum absolute atomic E-state index is 13.3. The second-order valence-corrected chi connectivity index (χ2v) is 3.05. The van der Waals surface area contributed by atoms with Crippen LogP contribution in [0.5, 0.6) is 5.75 Å². The van der Waals surface area contributed by atoms with Gasteiger partial charge < -0.3 is 10.0 Å². The number of fused-ring (bicyclic) bond motifs is 1. The Morgan fingerprint density at radius 1 is 1.57 bits per heavy atom. The number of carbonyl (C=O) groups is 1. The summed E-state index contributed by atoms with van der Waals surface area (Å²) in [5, 5.41) is 9.09. The van der Waals surface area contributed by atoms with Crippen molar-refractivity contribution in [2.24, 2.45) is 0 Å². The molecule has 1 N–H and O–H groups in total. The minimum absolute atomic E-state index is 0.0510. The molecule has 0 atom stereocenters. The van der Waals surface area contributed by atoms with Crippen LogP contribution in [0.2, 0.25) is 0 Å². The molecule has 0 spiro atoms. The van der Waals surface area contributed by atoms with Crippen molar-refractivity contribution < 1.29 is 14.3 Å². The number of rotatable bonds is 1. The van der Waals surface area contributed by atoms with Crippen LogP contribution in [0.25, 0.3) is 0 Å². The Hall–Kier alpha value is -1.84. The van der Waals surface area contributed by atoms with E-state index in [-0.39, 0.29) is 5.56 Å². The zero-order valence-corrected chi connectivity index (χ0v) is 7.33. The molecule has 1 aliphatic rings. The molecule has 0 saturated heterocycles. The van der Waals surface area contributed by atoms with Crippen LogP contribution < -0.4 is 0 Å². The molecule has 72 valence electrons. The number of carbonyl (C=O) groups excluding carboxylic acids is 1. The van der Waals surface area contributed by atoms with Crippen LogP contribution in [-0.4, -0.2) is 15.9 Å². The van der Waals surface area contributed by atoms with E-state index in [9.17, 15) is 9.18 Å². The number of aromatic hydroxyl groups is 1. The van der Waals surface area contributed by atoms with E-state index in [0.717, 1.165) is 0 Å². The number of halogens is 1. The highest BCUT2D eigenvalue weighted by Crippen LogP contribution is 2.29. The SMILES string of the molecule is C=CN1Cc2ccc(O)c(F)c2C1=O. The Balaban J connectivity index is 2.60. The van der Waals surface area contributed by atoms with Gasteiger partial charge in [0.25, 0.3) is 5.91 Å². The van der Waals surface area contributed by atoms with Crippen LogP contribution in [0.3, 0.4) is 0 Å². The molecule has 0 aromatic heterocycles. The highest BCUT2D eigenvalue weighted by Gasteiger charge is 2.30. The van der Waals surface area contributed by atoms with Crippen LogP contribution in [0.4, 0.5) is 4.39 Å². The van der Waals surface area contributed by atoms with Crippen LogP contribution >= 0.6 is 0 Å². The summed E-state index contributed by atoms with van der Waals surface area (Å²) in [4.78, 5) is 12.8. The number of nitrogens with zero attached hydrogens (tertiary/aromatic N) is 1. The third kappa shape index (κ3) is 1.00. The molecule has 0 unspecified atom stereocenters. The predicted octanol–water partition coefficient (Wildman–Crippen LogP) is 1.63. The van der Waals surface area contributed by atoms with Gasteiger partial charge in [0.1, 0.15) is 0 Å². The second-order valence-electron chi connectivity index (χ2n) is 3.05. The number of phenolic OH excluding ortho intramolecular Hbond substituents is 1. The molecule has 0 aliphatic carbocycles. The number of hydrogen-bond donors (Lipinski definition) is 1. The highest BCUT2D eigenvalue weighted by molar-refractivity contribution is 5.99. The number of phenols is 1. The first-order chi connectivity index (χ1) is 6.65. The molecule has 1 aromatic carbocycles. The van der Waals surface area contributed by atoms with Crippen LogP contribution in [0, 0.1) is 5.82 Å². The molecule has 0 saturated carbocycles. The normalized spacial score (nSPS) is 14.4. The Bertz CT molecular complexity index is 428. The smallest absolute Gasteiger partial charge is 0.261 e. The molecular formula is C10H8FNO2. The fraction of sp³-hybridized carbons (Fsp3) is 0.100. The lowest BCUT2D eigenvalue weighted by Crippen LogP contribution is -2.16. The van der Waals surface area contributed by atoms with Crippen molar-refractivity contribution in [2.45, 2.75) is 6.54 Å². The standard InChI is InChI=1S/C10H8FNO2/c1-2-12-5-6-3-4-7(13)9(11)8(6)10(12)14/h2-4,13H,1,5H2. The summed E-state index contributed by atoms with van der Waals surface area (Å²) in [6, 6.07) is 2.78. The van der Waals surface area contributed by atoms with Gasteiger partial charge in [-0.1, -0.05) is 12.6 Å². The maximum Gasteiger partial charge on any atom is 0.261 e. The molecule has 1 aliphatic heterocycles. The lowest BCUT2D eigenvalue weighted by atomic mass is 10.1. The van der Waals surface area contributed by atoms with Crippen molar-refractivity contribution in [1.82, 2.24) is 4.90 Å². The average Bonchev–Trinajstić information content (AvgIpc) is 2.50. The largest absolute Gasteiger partial charge is 0.505 e. The first kappa shape index (κ1) is 8.74. The van der Waals surface area contributed by atoms with E-state index in [2.05, 4.69) is 6.58 Å². The summed E-state index contributed by atoms with van der Waals surface area (Å²) >= 11 is 0. The fourth-order valence-corrected chi connectivity index (χ4v) is 1.51. The van der Waals surface area contributed by atoms with Crippen molar-refractivity contribution in [3.63, 3.8) is 0 Å². The van der Waals surface area contributed by atoms with Gasteiger partial charge in [0.05, 0.1) is 12.1 Å². The van der Waals surface area contributed by atoms with Gasteiger partial charge in [0.2, 0.25) is 0 Å². The zero-order chi connectivity index (χ0) is 10.3. The summed E-state index contributed by atoms with van der Waals surface area (Å²) in [5.74, 6) is -1.80. The van der Waals surface area contributed by atoms with Crippen LogP contribution in [0.1, 0.15) is 15.9 Å². The summed E-state index contributed by atoms with van der Waals surface area (Å²) < 4.78 is 13.3. The molecule has 0 fully saturated rings. The Morgan fingerprint density at radius 2 is 2.29 bits per heavy atom. The number of hydrogen-bond acceptors (Lipinski definition) is 2. The molecule has 4 heteroatoms. The Labute approximate surface area is 80.1 Å². The minimum Gasteiger partial charge on any atom is -0.505 e. The third-order valence-electron chi connectivity index (χ3n) is 2.24. The van der Waals surface area contributed by atoms with Gasteiger partial charge in [-0.2, -0.15) is 0 Å². The molecule has 1 heterocycles. The van der Waals surface area contributed by atoms with Gasteiger partial charge in [-0.15, -0.1) is 0 Å². The quantitative estimate of drug-likeness (QED) is 0.736. The van der Waals surface area contributed by atoms with E-state index in [1.165, 1.54) is 23.2 Å². The van der Waals surface area contributed by atoms with Crippen molar-refractivity contribution in [3.05, 3.63) is 41.9 Å². The lowest BCUT2D eigenvalue weighted by molar-refractivity contribution is 0.0838. The molecule has 1 aromatic rings. The van der Waals surface area contributed by atoms with Gasteiger partial charge in [-0.25, -0.2) is 4.39 Å². The Kier molecular flexibility index (Phi) is 1.77. The maximum atomic E-state index is 13.3. The van der Waals surface area contributed by atoms with E-state index >= 15 is 0 Å². The van der Waals surface area contributed by atoms with Crippen LogP contribution in [-0.2, 0) is 6.54 Å². The molecule has 14 heavy (non-hydrogen) atoms. The summed E-state index contributed by atoms with van der Waals surface area (Å²) in [6.07, 6.45) is 1.35. The average molecular weight is 193 g/mol. The topological polar surface area (TPSA) is 40.5 Å². The predicted molar refractivity (Wildman–Crippen MR) is 48.1 cm³/mol. The number of benzene rings is 1. The monoisotopic (exact) mass is 193 g/mol. The summed E-state index contributed by atoms with van der Waals surface area (Å²) in [5.41, 5.74) is 0.523. The van der Waals surface area contributed by atoms with E-state index in [1.807, 2.05) is 0 Å². The van der Waals surface area contributed by atoms with Crippen molar-refractivity contribution in [3.8, 4) is 5.75 Å². The van der Waals surface area contributed by atoms with Gasteiger partial charge in [-0.3, -0.25) is 4.79 Å². The van der Waals surface area contributed by atoms with Crippen molar-refractivity contribution >= 4 is 5.91 Å². The van der Waals surface area contributed by atoms with Gasteiger partial charge >= 0.3 is 0 Å².